The van der Waals surface area contributed by atoms with Crippen molar-refractivity contribution in [3.05, 3.63) is 72.5 Å². The number of hydrogen-bond acceptors (Lipinski definition) is 4. The summed E-state index contributed by atoms with van der Waals surface area (Å²) in [6.45, 7) is 1.97. The van der Waals surface area contributed by atoms with E-state index in [4.69, 9.17) is 0 Å². The third kappa shape index (κ3) is 5.10. The molecular weight excluding hydrogens is 457 g/mol. The van der Waals surface area contributed by atoms with Gasteiger partial charge in [0.15, 0.2) is 0 Å². The summed E-state index contributed by atoms with van der Waals surface area (Å²) in [5, 5.41) is 7.53. The fourth-order valence-corrected chi connectivity index (χ4v) is 5.56. The van der Waals surface area contributed by atoms with Crippen LogP contribution in [-0.2, 0) is 19.6 Å². The molecule has 9 heteroatoms. The molecule has 3 aromatic rings. The lowest BCUT2D eigenvalue weighted by atomic mass is 9.97. The fraction of sp³-hybridized carbons (Fsp3) is 0.280. The predicted molar refractivity (Wildman–Crippen MR) is 128 cm³/mol. The number of rotatable bonds is 6. The van der Waals surface area contributed by atoms with Crippen molar-refractivity contribution < 1.29 is 22.4 Å². The summed E-state index contributed by atoms with van der Waals surface area (Å²) in [7, 11) is -3.75. The zero-order chi connectivity index (χ0) is 24.3. The quantitative estimate of drug-likeness (QED) is 0.561. The van der Waals surface area contributed by atoms with Crippen LogP contribution in [0.3, 0.4) is 0 Å². The Morgan fingerprint density at radius 3 is 2.32 bits per heavy atom. The van der Waals surface area contributed by atoms with E-state index in [0.29, 0.717) is 18.5 Å². The molecule has 2 amide bonds. The second kappa shape index (κ2) is 9.90. The van der Waals surface area contributed by atoms with E-state index in [9.17, 15) is 22.4 Å². The van der Waals surface area contributed by atoms with Crippen LogP contribution in [0.5, 0.6) is 0 Å². The summed E-state index contributed by atoms with van der Waals surface area (Å²) < 4.78 is 40.0. The Balaban J connectivity index is 1.32. The van der Waals surface area contributed by atoms with E-state index in [1.807, 2.05) is 42.5 Å². The van der Waals surface area contributed by atoms with Gasteiger partial charge in [-0.1, -0.05) is 36.4 Å². The number of carbonyl (C=O) groups excluding carboxylic acids is 2. The minimum atomic E-state index is -3.75. The molecular formula is C25H26FN3O4S. The maximum atomic E-state index is 13.1. The topological polar surface area (TPSA) is 95.6 Å². The second-order valence-electron chi connectivity index (χ2n) is 8.38. The predicted octanol–water partition coefficient (Wildman–Crippen LogP) is 3.52. The lowest BCUT2D eigenvalue weighted by Gasteiger charge is -2.31. The zero-order valence-corrected chi connectivity index (χ0v) is 19.5. The van der Waals surface area contributed by atoms with Crippen molar-refractivity contribution in [1.82, 2.24) is 9.62 Å². The van der Waals surface area contributed by atoms with Crippen molar-refractivity contribution in [3.8, 4) is 0 Å². The molecule has 1 saturated heterocycles. The molecule has 0 aliphatic carbocycles. The van der Waals surface area contributed by atoms with Crippen LogP contribution < -0.4 is 10.6 Å². The monoisotopic (exact) mass is 483 g/mol. The van der Waals surface area contributed by atoms with Gasteiger partial charge in [0.05, 0.1) is 4.90 Å². The van der Waals surface area contributed by atoms with Crippen molar-refractivity contribution in [1.29, 1.82) is 0 Å². The van der Waals surface area contributed by atoms with Gasteiger partial charge < -0.3 is 10.6 Å². The van der Waals surface area contributed by atoms with Gasteiger partial charge in [-0.25, -0.2) is 12.8 Å². The highest BCUT2D eigenvalue weighted by molar-refractivity contribution is 7.89. The maximum absolute atomic E-state index is 13.1. The number of nitrogens with zero attached hydrogens (tertiary/aromatic N) is 1. The van der Waals surface area contributed by atoms with Gasteiger partial charge in [-0.15, -0.1) is 0 Å². The van der Waals surface area contributed by atoms with E-state index in [0.717, 1.165) is 22.9 Å². The van der Waals surface area contributed by atoms with Crippen LogP contribution in [0.1, 0.15) is 19.8 Å². The van der Waals surface area contributed by atoms with Crippen LogP contribution in [0, 0.1) is 11.7 Å². The Kier molecular flexibility index (Phi) is 6.95. The number of benzene rings is 3. The van der Waals surface area contributed by atoms with Crippen LogP contribution in [0.2, 0.25) is 0 Å². The van der Waals surface area contributed by atoms with Gasteiger partial charge in [-0.2, -0.15) is 4.31 Å². The van der Waals surface area contributed by atoms with E-state index in [-0.39, 0.29) is 29.8 Å². The Hall–Kier alpha value is -3.30. The normalized spacial score (nSPS) is 16.2. The van der Waals surface area contributed by atoms with Crippen molar-refractivity contribution in [2.75, 3.05) is 18.4 Å². The van der Waals surface area contributed by atoms with Crippen LogP contribution >= 0.6 is 0 Å². The average molecular weight is 484 g/mol. The molecule has 1 unspecified atom stereocenters. The molecule has 1 aliphatic heterocycles. The highest BCUT2D eigenvalue weighted by Gasteiger charge is 2.33. The van der Waals surface area contributed by atoms with E-state index in [2.05, 4.69) is 10.6 Å². The molecule has 3 aromatic carbocycles. The van der Waals surface area contributed by atoms with E-state index >= 15 is 0 Å². The van der Waals surface area contributed by atoms with Crippen molar-refractivity contribution in [2.45, 2.75) is 30.7 Å². The number of fused-ring (bicyclic) bond motifs is 1. The van der Waals surface area contributed by atoms with Crippen molar-refractivity contribution in [3.63, 3.8) is 0 Å². The molecule has 7 nitrogen and oxygen atoms in total. The van der Waals surface area contributed by atoms with E-state index < -0.39 is 27.8 Å². The average Bonchev–Trinajstić information content (AvgIpc) is 2.84. The number of amides is 2. The third-order valence-corrected chi connectivity index (χ3v) is 7.99. The first-order chi connectivity index (χ1) is 16.3. The molecule has 0 radical (unpaired) electrons. The smallest absolute Gasteiger partial charge is 0.246 e. The zero-order valence-electron chi connectivity index (χ0n) is 18.7. The number of anilines is 1. The molecule has 1 fully saturated rings. The Morgan fingerprint density at radius 1 is 0.971 bits per heavy atom. The Bertz CT molecular complexity index is 1300. The van der Waals surface area contributed by atoms with E-state index in [1.54, 1.807) is 6.92 Å². The molecule has 0 aromatic heterocycles. The lowest BCUT2D eigenvalue weighted by molar-refractivity contribution is -0.129. The number of piperidine rings is 1. The maximum Gasteiger partial charge on any atom is 0.246 e. The summed E-state index contributed by atoms with van der Waals surface area (Å²) in [5.41, 5.74) is 0.670. The number of nitrogens with one attached hydrogen (secondary N) is 2. The minimum absolute atomic E-state index is 0.0236. The van der Waals surface area contributed by atoms with Gasteiger partial charge in [0.25, 0.3) is 0 Å². The number of sulfonamides is 1. The Morgan fingerprint density at radius 2 is 1.62 bits per heavy atom. The molecule has 1 heterocycles. The summed E-state index contributed by atoms with van der Waals surface area (Å²) >= 11 is 0. The first kappa shape index (κ1) is 23.8. The number of halogens is 1. The highest BCUT2D eigenvalue weighted by Crippen LogP contribution is 2.25. The molecule has 4 rings (SSSR count). The molecule has 34 heavy (non-hydrogen) atoms. The van der Waals surface area contributed by atoms with Crippen LogP contribution in [-0.4, -0.2) is 43.7 Å². The SMILES string of the molecule is CC(NC(=O)C1CCN(S(=O)(=O)c2ccc(F)cc2)CC1)C(=O)Nc1cccc2ccccc12. The Labute approximate surface area is 198 Å². The van der Waals surface area contributed by atoms with Gasteiger partial charge in [0.1, 0.15) is 11.9 Å². The van der Waals surface area contributed by atoms with Crippen LogP contribution in [0.15, 0.2) is 71.6 Å². The first-order valence-corrected chi connectivity index (χ1v) is 12.5. The summed E-state index contributed by atoms with van der Waals surface area (Å²) in [6, 6.07) is 17.3. The first-order valence-electron chi connectivity index (χ1n) is 11.1. The number of carbonyl (C=O) groups is 2. The van der Waals surface area contributed by atoms with Crippen molar-refractivity contribution in [2.24, 2.45) is 5.92 Å². The van der Waals surface area contributed by atoms with Crippen molar-refractivity contribution >= 4 is 38.3 Å². The third-order valence-electron chi connectivity index (χ3n) is 6.08. The highest BCUT2D eigenvalue weighted by atomic mass is 32.2. The van der Waals surface area contributed by atoms with Gasteiger partial charge in [-0.3, -0.25) is 9.59 Å². The summed E-state index contributed by atoms with van der Waals surface area (Å²) in [4.78, 5) is 25.5. The molecule has 2 N–H and O–H groups in total. The molecule has 1 atom stereocenters. The molecule has 1 aliphatic rings. The summed E-state index contributed by atoms with van der Waals surface area (Å²) in [5.74, 6) is -1.51. The molecule has 0 saturated carbocycles. The largest absolute Gasteiger partial charge is 0.344 e. The van der Waals surface area contributed by atoms with Gasteiger partial charge >= 0.3 is 0 Å². The van der Waals surface area contributed by atoms with E-state index in [1.165, 1.54) is 16.4 Å². The molecule has 0 spiro atoms. The van der Waals surface area contributed by atoms with Crippen LogP contribution in [0.4, 0.5) is 10.1 Å². The fourth-order valence-electron chi connectivity index (χ4n) is 4.09. The van der Waals surface area contributed by atoms with Crippen LogP contribution in [0.25, 0.3) is 10.8 Å². The standard InChI is InChI=1S/C25H26FN3O4S/c1-17(24(30)28-23-8-4-6-18-5-2-3-7-22(18)23)27-25(31)19-13-15-29(16-14-19)34(32,33)21-11-9-20(26)10-12-21/h2-12,17,19H,13-16H2,1H3,(H,27,31)(H,28,30). The lowest BCUT2D eigenvalue weighted by Crippen LogP contribution is -2.47. The minimum Gasteiger partial charge on any atom is -0.344 e. The van der Waals surface area contributed by atoms with Gasteiger partial charge in [-0.05, 0) is 55.5 Å². The molecule has 178 valence electrons. The van der Waals surface area contributed by atoms with Gasteiger partial charge in [0.2, 0.25) is 21.8 Å². The molecule has 0 bridgehead atoms. The second-order valence-corrected chi connectivity index (χ2v) is 10.3. The number of hydrogen-bond donors (Lipinski definition) is 2. The van der Waals surface area contributed by atoms with Gasteiger partial charge in [0, 0.05) is 30.1 Å². The summed E-state index contributed by atoms with van der Waals surface area (Å²) in [6.07, 6.45) is 0.674.